The quantitative estimate of drug-likeness (QED) is 0.758. The summed E-state index contributed by atoms with van der Waals surface area (Å²) in [5.74, 6) is 0.558. The molecular weight excluding hydrogens is 368 g/mol. The molecule has 1 N–H and O–H groups in total. The summed E-state index contributed by atoms with van der Waals surface area (Å²) in [6, 6.07) is 12.4. The van der Waals surface area contributed by atoms with Gasteiger partial charge in [-0.15, -0.1) is 0 Å². The van der Waals surface area contributed by atoms with Crippen LogP contribution in [-0.4, -0.2) is 52.8 Å². The number of piperidine rings is 1. The molecule has 1 amide bonds. The highest BCUT2D eigenvalue weighted by molar-refractivity contribution is 5.94. The van der Waals surface area contributed by atoms with E-state index in [2.05, 4.69) is 4.98 Å². The van der Waals surface area contributed by atoms with Gasteiger partial charge in [0.2, 0.25) is 0 Å². The van der Waals surface area contributed by atoms with Crippen molar-refractivity contribution >= 4 is 5.91 Å². The fraction of sp³-hybridized carbons (Fsp3) is 0.478. The summed E-state index contributed by atoms with van der Waals surface area (Å²) in [6.07, 6.45) is 5.50. The van der Waals surface area contributed by atoms with Gasteiger partial charge >= 0.3 is 0 Å². The van der Waals surface area contributed by atoms with Crippen molar-refractivity contribution in [3.63, 3.8) is 0 Å². The molecule has 0 unspecified atom stereocenters. The molecular formula is C23H28N2O4. The number of ether oxygens (including phenoxy) is 2. The van der Waals surface area contributed by atoms with Crippen LogP contribution < -0.4 is 0 Å². The van der Waals surface area contributed by atoms with Crippen LogP contribution in [-0.2, 0) is 16.1 Å². The van der Waals surface area contributed by atoms with Gasteiger partial charge in [0.15, 0.2) is 0 Å². The number of rotatable bonds is 6. The molecule has 1 spiro atoms. The summed E-state index contributed by atoms with van der Waals surface area (Å²) in [4.78, 5) is 18.9. The van der Waals surface area contributed by atoms with E-state index >= 15 is 0 Å². The molecule has 0 radical (unpaired) electrons. The van der Waals surface area contributed by atoms with Gasteiger partial charge in [0.25, 0.3) is 5.91 Å². The Morgan fingerprint density at radius 2 is 2.10 bits per heavy atom. The van der Waals surface area contributed by atoms with Gasteiger partial charge in [-0.05, 0) is 61.9 Å². The van der Waals surface area contributed by atoms with Crippen LogP contribution in [0.5, 0.6) is 5.75 Å². The van der Waals surface area contributed by atoms with E-state index in [0.717, 1.165) is 38.0 Å². The number of aromatic nitrogens is 1. The largest absolute Gasteiger partial charge is 0.508 e. The van der Waals surface area contributed by atoms with E-state index in [1.165, 1.54) is 6.07 Å². The molecule has 1 aromatic carbocycles. The maximum Gasteiger partial charge on any atom is 0.253 e. The topological polar surface area (TPSA) is 71.9 Å². The van der Waals surface area contributed by atoms with Crippen LogP contribution >= 0.6 is 0 Å². The first-order valence-electron chi connectivity index (χ1n) is 10.4. The van der Waals surface area contributed by atoms with Crippen molar-refractivity contribution in [2.45, 2.75) is 37.9 Å². The highest BCUT2D eigenvalue weighted by Crippen LogP contribution is 2.42. The molecule has 154 valence electrons. The summed E-state index contributed by atoms with van der Waals surface area (Å²) in [6.45, 7) is 3.37. The fourth-order valence-corrected chi connectivity index (χ4v) is 4.54. The summed E-state index contributed by atoms with van der Waals surface area (Å²) in [5, 5.41) is 9.63. The lowest BCUT2D eigenvalue weighted by Crippen LogP contribution is -2.49. The van der Waals surface area contributed by atoms with Crippen LogP contribution in [0.25, 0.3) is 0 Å². The number of hydrogen-bond acceptors (Lipinski definition) is 5. The highest BCUT2D eigenvalue weighted by Gasteiger charge is 2.46. The van der Waals surface area contributed by atoms with Crippen molar-refractivity contribution in [3.8, 4) is 5.75 Å². The molecule has 6 nitrogen and oxygen atoms in total. The molecule has 2 aromatic rings. The number of benzene rings is 1. The third-order valence-electron chi connectivity index (χ3n) is 6.18. The zero-order valence-electron chi connectivity index (χ0n) is 16.6. The third kappa shape index (κ3) is 4.60. The fourth-order valence-electron chi connectivity index (χ4n) is 4.54. The minimum atomic E-state index is -0.135. The summed E-state index contributed by atoms with van der Waals surface area (Å²) < 4.78 is 12.1. The van der Waals surface area contributed by atoms with E-state index in [-0.39, 0.29) is 17.3 Å². The number of hydrogen-bond donors (Lipinski definition) is 1. The molecule has 0 bridgehead atoms. The maximum absolute atomic E-state index is 12.7. The van der Waals surface area contributed by atoms with Gasteiger partial charge < -0.3 is 19.5 Å². The highest BCUT2D eigenvalue weighted by atomic mass is 16.5. The number of carbonyl (C=O) groups is 1. The molecule has 1 aromatic heterocycles. The van der Waals surface area contributed by atoms with Gasteiger partial charge in [0, 0.05) is 38.1 Å². The zero-order chi connectivity index (χ0) is 20.1. The summed E-state index contributed by atoms with van der Waals surface area (Å²) >= 11 is 0. The molecule has 3 heterocycles. The lowest BCUT2D eigenvalue weighted by Gasteiger charge is -2.42. The maximum atomic E-state index is 12.7. The third-order valence-corrected chi connectivity index (χ3v) is 6.18. The van der Waals surface area contributed by atoms with Crippen molar-refractivity contribution < 1.29 is 19.4 Å². The Labute approximate surface area is 171 Å². The van der Waals surface area contributed by atoms with Crippen LogP contribution in [0.3, 0.4) is 0 Å². The summed E-state index contributed by atoms with van der Waals surface area (Å²) in [7, 11) is 0. The lowest BCUT2D eigenvalue weighted by atomic mass is 9.78. The van der Waals surface area contributed by atoms with Gasteiger partial charge in [0.1, 0.15) is 5.75 Å². The minimum absolute atomic E-state index is 0.0241. The number of pyridine rings is 1. The molecule has 1 atom stereocenters. The predicted octanol–water partition coefficient (Wildman–Crippen LogP) is 3.41. The Hall–Kier alpha value is -2.44. The van der Waals surface area contributed by atoms with Gasteiger partial charge in [-0.1, -0.05) is 12.1 Å². The molecule has 0 aliphatic carbocycles. The SMILES string of the molecule is O=C(c1cccc(O)c1)N1CCC2(CC1)OCC[C@H]2CCOCc1ccccn1. The Kier molecular flexibility index (Phi) is 6.11. The van der Waals surface area contributed by atoms with E-state index in [9.17, 15) is 9.90 Å². The number of phenols is 1. The van der Waals surface area contributed by atoms with Gasteiger partial charge in [-0.25, -0.2) is 0 Å². The molecule has 2 aliphatic rings. The van der Waals surface area contributed by atoms with Crippen molar-refractivity contribution in [2.75, 3.05) is 26.3 Å². The van der Waals surface area contributed by atoms with Gasteiger partial charge in [-0.2, -0.15) is 0 Å². The predicted molar refractivity (Wildman–Crippen MR) is 109 cm³/mol. The molecule has 2 saturated heterocycles. The van der Waals surface area contributed by atoms with Crippen molar-refractivity contribution in [3.05, 3.63) is 59.9 Å². The molecule has 0 saturated carbocycles. The smallest absolute Gasteiger partial charge is 0.253 e. The molecule has 4 rings (SSSR count). The molecule has 6 heteroatoms. The second-order valence-corrected chi connectivity index (χ2v) is 7.90. The zero-order valence-corrected chi connectivity index (χ0v) is 16.6. The first-order valence-corrected chi connectivity index (χ1v) is 10.4. The number of aromatic hydroxyl groups is 1. The number of phenolic OH excluding ortho intramolecular Hbond substituents is 1. The van der Waals surface area contributed by atoms with Crippen molar-refractivity contribution in [1.29, 1.82) is 0 Å². The lowest BCUT2D eigenvalue weighted by molar-refractivity contribution is -0.0675. The van der Waals surface area contributed by atoms with Gasteiger partial charge in [0.05, 0.1) is 17.9 Å². The number of amides is 1. The van der Waals surface area contributed by atoms with E-state index in [4.69, 9.17) is 9.47 Å². The van der Waals surface area contributed by atoms with E-state index in [0.29, 0.717) is 37.8 Å². The Bertz CT molecular complexity index is 819. The number of nitrogens with zero attached hydrogens (tertiary/aromatic N) is 2. The standard InChI is InChI=1S/C23H28N2O4/c26-21-6-3-4-18(16-21)22(27)25-12-9-23(10-13-25)19(8-15-29-23)7-14-28-17-20-5-1-2-11-24-20/h1-6,11,16,19,26H,7-10,12-15,17H2/t19-/m1/s1. The molecule has 29 heavy (non-hydrogen) atoms. The van der Waals surface area contributed by atoms with Gasteiger partial charge in [-0.3, -0.25) is 9.78 Å². The second kappa shape index (κ2) is 8.93. The van der Waals surface area contributed by atoms with E-state index < -0.39 is 0 Å². The Morgan fingerprint density at radius 3 is 2.86 bits per heavy atom. The van der Waals surface area contributed by atoms with Crippen LogP contribution in [0.4, 0.5) is 0 Å². The average molecular weight is 396 g/mol. The average Bonchev–Trinajstić information content (AvgIpc) is 3.14. The Morgan fingerprint density at radius 1 is 1.24 bits per heavy atom. The monoisotopic (exact) mass is 396 g/mol. The van der Waals surface area contributed by atoms with Crippen molar-refractivity contribution in [2.24, 2.45) is 5.92 Å². The first kappa shape index (κ1) is 19.9. The van der Waals surface area contributed by atoms with Crippen LogP contribution in [0.15, 0.2) is 48.7 Å². The number of carbonyl (C=O) groups excluding carboxylic acids is 1. The number of likely N-dealkylation sites (tertiary alicyclic amines) is 1. The second-order valence-electron chi connectivity index (χ2n) is 7.90. The minimum Gasteiger partial charge on any atom is -0.508 e. The first-order chi connectivity index (χ1) is 14.2. The van der Waals surface area contributed by atoms with Crippen LogP contribution in [0.1, 0.15) is 41.7 Å². The van der Waals surface area contributed by atoms with E-state index in [1.54, 1.807) is 24.4 Å². The van der Waals surface area contributed by atoms with Crippen molar-refractivity contribution in [1.82, 2.24) is 9.88 Å². The Balaban J connectivity index is 1.28. The molecule has 2 aliphatic heterocycles. The molecule has 2 fully saturated rings. The normalized spacial score (nSPS) is 20.8. The van der Waals surface area contributed by atoms with E-state index in [1.807, 2.05) is 23.1 Å². The van der Waals surface area contributed by atoms with Crippen LogP contribution in [0.2, 0.25) is 0 Å². The summed E-state index contributed by atoms with van der Waals surface area (Å²) in [5.41, 5.74) is 1.35. The van der Waals surface area contributed by atoms with Crippen LogP contribution in [0, 0.1) is 5.92 Å².